The van der Waals surface area contributed by atoms with Gasteiger partial charge in [-0.2, -0.15) is 0 Å². The highest BCUT2D eigenvalue weighted by atomic mass is 16.5. The topological polar surface area (TPSA) is 63.8 Å². The zero-order chi connectivity index (χ0) is 12.4. The van der Waals surface area contributed by atoms with Gasteiger partial charge >= 0.3 is 5.97 Å². The zero-order valence-corrected chi connectivity index (χ0v) is 9.80. The monoisotopic (exact) mass is 234 g/mol. The minimum absolute atomic E-state index is 0.0988. The molecule has 0 fully saturated rings. The molecule has 1 N–H and O–H groups in total. The van der Waals surface area contributed by atoms with Gasteiger partial charge in [0.15, 0.2) is 0 Å². The highest BCUT2D eigenvalue weighted by molar-refractivity contribution is 5.90. The standard InChI is InChI=1S/C12H14N2O3/c1-3-10-9(7-15)13-11-6-8(12(16)17-2)4-5-14(10)11/h4-6,15H,3,7H2,1-2H3. The van der Waals surface area contributed by atoms with Crippen LogP contribution in [0, 0.1) is 0 Å². The third kappa shape index (κ3) is 1.89. The lowest BCUT2D eigenvalue weighted by atomic mass is 10.2. The van der Waals surface area contributed by atoms with E-state index in [0.717, 1.165) is 12.1 Å². The molecule has 0 unspecified atom stereocenters. The van der Waals surface area contributed by atoms with Crippen molar-refractivity contribution in [3.63, 3.8) is 0 Å². The fourth-order valence-electron chi connectivity index (χ4n) is 1.89. The maximum atomic E-state index is 11.4. The molecule has 0 atom stereocenters. The molecule has 2 aromatic heterocycles. The number of esters is 1. The van der Waals surface area contributed by atoms with Crippen molar-refractivity contribution in [3.8, 4) is 0 Å². The van der Waals surface area contributed by atoms with Crippen LogP contribution in [-0.2, 0) is 17.8 Å². The highest BCUT2D eigenvalue weighted by Crippen LogP contribution is 2.15. The number of pyridine rings is 1. The fraction of sp³-hybridized carbons (Fsp3) is 0.333. The Hall–Kier alpha value is -1.88. The van der Waals surface area contributed by atoms with Gasteiger partial charge in [0.05, 0.1) is 25.0 Å². The minimum atomic E-state index is -0.390. The lowest BCUT2D eigenvalue weighted by molar-refractivity contribution is 0.0600. The zero-order valence-electron chi connectivity index (χ0n) is 9.80. The Morgan fingerprint density at radius 3 is 2.94 bits per heavy atom. The number of methoxy groups -OCH3 is 1. The van der Waals surface area contributed by atoms with E-state index in [-0.39, 0.29) is 12.6 Å². The second kappa shape index (κ2) is 4.55. The van der Waals surface area contributed by atoms with Crippen LogP contribution < -0.4 is 0 Å². The first-order chi connectivity index (χ1) is 8.21. The summed E-state index contributed by atoms with van der Waals surface area (Å²) in [7, 11) is 1.34. The number of ether oxygens (including phenoxy) is 1. The molecule has 2 aromatic rings. The van der Waals surface area contributed by atoms with Gasteiger partial charge < -0.3 is 14.2 Å². The number of fused-ring (bicyclic) bond motifs is 1. The lowest BCUT2D eigenvalue weighted by Crippen LogP contribution is -2.02. The van der Waals surface area contributed by atoms with Gasteiger partial charge in [-0.25, -0.2) is 9.78 Å². The van der Waals surface area contributed by atoms with Crippen LogP contribution in [0.25, 0.3) is 5.65 Å². The minimum Gasteiger partial charge on any atom is -0.465 e. The lowest BCUT2D eigenvalue weighted by Gasteiger charge is -2.02. The van der Waals surface area contributed by atoms with Gasteiger partial charge in [0.1, 0.15) is 5.65 Å². The molecule has 0 amide bonds. The summed E-state index contributed by atoms with van der Waals surface area (Å²) in [5.74, 6) is -0.390. The molecule has 0 radical (unpaired) electrons. The maximum Gasteiger partial charge on any atom is 0.338 e. The quantitative estimate of drug-likeness (QED) is 0.810. The highest BCUT2D eigenvalue weighted by Gasteiger charge is 2.12. The van der Waals surface area contributed by atoms with E-state index in [9.17, 15) is 9.90 Å². The number of rotatable bonds is 3. The molecule has 0 aliphatic rings. The van der Waals surface area contributed by atoms with Crippen molar-refractivity contribution in [1.29, 1.82) is 0 Å². The van der Waals surface area contributed by atoms with Crippen molar-refractivity contribution in [1.82, 2.24) is 9.38 Å². The summed E-state index contributed by atoms with van der Waals surface area (Å²) in [5.41, 5.74) is 2.71. The largest absolute Gasteiger partial charge is 0.465 e. The molecule has 5 nitrogen and oxygen atoms in total. The number of hydrogen-bond acceptors (Lipinski definition) is 4. The Kier molecular flexibility index (Phi) is 3.10. The molecular formula is C12H14N2O3. The average molecular weight is 234 g/mol. The molecule has 5 heteroatoms. The smallest absolute Gasteiger partial charge is 0.338 e. The Labute approximate surface area is 98.7 Å². The van der Waals surface area contributed by atoms with Crippen molar-refractivity contribution in [2.75, 3.05) is 7.11 Å². The summed E-state index contributed by atoms with van der Waals surface area (Å²) in [5, 5.41) is 9.21. The number of aliphatic hydroxyl groups is 1. The molecule has 0 saturated heterocycles. The van der Waals surface area contributed by atoms with Crippen LogP contribution in [0.2, 0.25) is 0 Å². The van der Waals surface area contributed by atoms with Crippen LogP contribution in [0.15, 0.2) is 18.3 Å². The van der Waals surface area contributed by atoms with Gasteiger partial charge in [-0.1, -0.05) is 6.92 Å². The number of carbonyl (C=O) groups excluding carboxylic acids is 1. The van der Waals surface area contributed by atoms with Gasteiger partial charge in [0.25, 0.3) is 0 Å². The first-order valence-corrected chi connectivity index (χ1v) is 5.40. The molecule has 0 aliphatic heterocycles. The molecule has 0 aliphatic carbocycles. The van der Waals surface area contributed by atoms with Crippen LogP contribution in [0.5, 0.6) is 0 Å². The maximum absolute atomic E-state index is 11.4. The van der Waals surface area contributed by atoms with E-state index >= 15 is 0 Å². The molecule has 2 heterocycles. The van der Waals surface area contributed by atoms with E-state index < -0.39 is 0 Å². The normalized spacial score (nSPS) is 10.8. The van der Waals surface area contributed by atoms with E-state index in [2.05, 4.69) is 9.72 Å². The van der Waals surface area contributed by atoms with E-state index in [0.29, 0.717) is 16.9 Å². The molecule has 0 aromatic carbocycles. The molecular weight excluding hydrogens is 220 g/mol. The number of aliphatic hydroxyl groups excluding tert-OH is 1. The van der Waals surface area contributed by atoms with E-state index in [1.165, 1.54) is 7.11 Å². The molecule has 0 saturated carbocycles. The third-order valence-electron chi connectivity index (χ3n) is 2.71. The summed E-state index contributed by atoms with van der Waals surface area (Å²) in [6.07, 6.45) is 2.54. The second-order valence-corrected chi connectivity index (χ2v) is 3.65. The number of carbonyl (C=O) groups is 1. The van der Waals surface area contributed by atoms with Crippen molar-refractivity contribution in [3.05, 3.63) is 35.3 Å². The van der Waals surface area contributed by atoms with Crippen LogP contribution in [0.1, 0.15) is 28.7 Å². The molecule has 17 heavy (non-hydrogen) atoms. The van der Waals surface area contributed by atoms with Crippen molar-refractivity contribution in [2.24, 2.45) is 0 Å². The summed E-state index contributed by atoms with van der Waals surface area (Å²) in [6.45, 7) is 1.90. The van der Waals surface area contributed by atoms with E-state index in [1.54, 1.807) is 18.3 Å². The predicted octanol–water partition coefficient (Wildman–Crippen LogP) is 1.18. The van der Waals surface area contributed by atoms with Gasteiger partial charge in [-0.15, -0.1) is 0 Å². The summed E-state index contributed by atoms with van der Waals surface area (Å²) >= 11 is 0. The molecule has 2 rings (SSSR count). The molecule has 0 spiro atoms. The Morgan fingerprint density at radius 1 is 1.59 bits per heavy atom. The van der Waals surface area contributed by atoms with Crippen LogP contribution in [0.3, 0.4) is 0 Å². The van der Waals surface area contributed by atoms with Crippen LogP contribution >= 0.6 is 0 Å². The average Bonchev–Trinajstić information content (AvgIpc) is 2.74. The molecule has 90 valence electrons. The summed E-state index contributed by atoms with van der Waals surface area (Å²) in [4.78, 5) is 15.7. The van der Waals surface area contributed by atoms with Gasteiger partial charge in [-0.3, -0.25) is 0 Å². The van der Waals surface area contributed by atoms with Crippen LogP contribution in [0.4, 0.5) is 0 Å². The summed E-state index contributed by atoms with van der Waals surface area (Å²) in [6, 6.07) is 3.34. The van der Waals surface area contributed by atoms with E-state index in [4.69, 9.17) is 0 Å². The second-order valence-electron chi connectivity index (χ2n) is 3.65. The number of hydrogen-bond donors (Lipinski definition) is 1. The van der Waals surface area contributed by atoms with Crippen LogP contribution in [-0.4, -0.2) is 27.6 Å². The number of imidazole rings is 1. The SMILES string of the molecule is CCc1c(CO)nc2cc(C(=O)OC)ccn12. The van der Waals surface area contributed by atoms with E-state index in [1.807, 2.05) is 11.3 Å². The Bertz CT molecular complexity index is 560. The number of aryl methyl sites for hydroxylation is 1. The van der Waals surface area contributed by atoms with Gasteiger partial charge in [0.2, 0.25) is 0 Å². The van der Waals surface area contributed by atoms with Crippen molar-refractivity contribution in [2.45, 2.75) is 20.0 Å². The van der Waals surface area contributed by atoms with Gasteiger partial charge in [0, 0.05) is 11.9 Å². The fourth-order valence-corrected chi connectivity index (χ4v) is 1.89. The number of aromatic nitrogens is 2. The first kappa shape index (κ1) is 11.6. The number of nitrogens with zero attached hydrogens (tertiary/aromatic N) is 2. The van der Waals surface area contributed by atoms with Crippen molar-refractivity contribution >= 4 is 11.6 Å². The third-order valence-corrected chi connectivity index (χ3v) is 2.71. The predicted molar refractivity (Wildman–Crippen MR) is 61.8 cm³/mol. The van der Waals surface area contributed by atoms with Gasteiger partial charge in [-0.05, 0) is 18.6 Å². The Balaban J connectivity index is 2.59. The first-order valence-electron chi connectivity index (χ1n) is 5.40. The summed E-state index contributed by atoms with van der Waals surface area (Å²) < 4.78 is 6.52. The van der Waals surface area contributed by atoms with Crippen molar-refractivity contribution < 1.29 is 14.6 Å². The molecule has 0 bridgehead atoms. The Morgan fingerprint density at radius 2 is 2.35 bits per heavy atom.